The average molecular weight is 112 g/mol. The van der Waals surface area contributed by atoms with Crippen molar-refractivity contribution in [1.29, 1.82) is 0 Å². The number of aliphatic hydroxyl groups excluding tert-OH is 1. The summed E-state index contributed by atoms with van der Waals surface area (Å²) >= 11 is 0. The number of hydrogen-bond acceptors (Lipinski definition) is 1. The minimum atomic E-state index is 0. The third-order valence-electron chi connectivity index (χ3n) is 0.771. The van der Waals surface area contributed by atoms with E-state index in [0.717, 1.165) is 11.0 Å². The Bertz CT molecular complexity index is 50.9. The Morgan fingerprint density at radius 3 is 1.62 bits per heavy atom. The second kappa shape index (κ2) is 4.40. The van der Waals surface area contributed by atoms with Crippen molar-refractivity contribution >= 4 is 18.9 Å². The zero-order chi connectivity index (χ0) is 5.91. The third kappa shape index (κ3) is 9.72. The van der Waals surface area contributed by atoms with Gasteiger partial charge in [-0.3, -0.25) is 0 Å². The van der Waals surface area contributed by atoms with Gasteiger partial charge in [0.2, 0.25) is 0 Å². The van der Waals surface area contributed by atoms with Crippen LogP contribution in [0.4, 0.5) is 0 Å². The van der Waals surface area contributed by atoms with Crippen LogP contribution in [0.15, 0.2) is 0 Å². The molecule has 1 N–H and O–H groups in total. The first-order valence-electron chi connectivity index (χ1n) is 2.47. The Hall–Kier alpha value is 0.517. The van der Waals surface area contributed by atoms with Crippen LogP contribution >= 0.6 is 0 Å². The van der Waals surface area contributed by atoms with E-state index in [9.17, 15) is 0 Å². The molecule has 0 heterocycles. The summed E-state index contributed by atoms with van der Waals surface area (Å²) in [6.45, 7) is 1.11. The monoisotopic (exact) mass is 112 g/mol. The van der Waals surface area contributed by atoms with E-state index in [1.54, 1.807) is 0 Å². The normalized spacial score (nSPS) is 10.5. The fourth-order valence-corrected chi connectivity index (χ4v) is 0.300. The number of nitrogens with zero attached hydrogens (tertiary/aromatic N) is 1. The van der Waals surface area contributed by atoms with Gasteiger partial charge in [0.25, 0.3) is 0 Å². The first kappa shape index (κ1) is 11.3. The van der Waals surface area contributed by atoms with Gasteiger partial charge in [-0.1, -0.05) is 0 Å². The first-order valence-corrected chi connectivity index (χ1v) is 2.47. The van der Waals surface area contributed by atoms with Crippen molar-refractivity contribution in [2.45, 2.75) is 0 Å². The van der Waals surface area contributed by atoms with Crippen molar-refractivity contribution in [2.75, 3.05) is 34.3 Å². The van der Waals surface area contributed by atoms with Gasteiger partial charge in [-0.15, -0.1) is 0 Å². The SMILES string of the molecule is C[N+](C)(C)CCO.[LiH]. The van der Waals surface area contributed by atoms with E-state index in [4.69, 9.17) is 5.11 Å². The molecule has 2 nitrogen and oxygen atoms in total. The van der Waals surface area contributed by atoms with Gasteiger partial charge in [0.15, 0.2) is 0 Å². The molecule has 8 heavy (non-hydrogen) atoms. The van der Waals surface area contributed by atoms with Crippen molar-refractivity contribution in [3.63, 3.8) is 0 Å². The molecule has 0 radical (unpaired) electrons. The van der Waals surface area contributed by atoms with Gasteiger partial charge >= 0.3 is 18.9 Å². The topological polar surface area (TPSA) is 20.2 Å². The van der Waals surface area contributed by atoms with Gasteiger partial charge in [-0.2, -0.15) is 0 Å². The van der Waals surface area contributed by atoms with E-state index in [0.29, 0.717) is 0 Å². The molecule has 0 aliphatic carbocycles. The van der Waals surface area contributed by atoms with Crippen LogP contribution in [0.25, 0.3) is 0 Å². The average Bonchev–Trinajstić information content (AvgIpc) is 1.30. The van der Waals surface area contributed by atoms with E-state index < -0.39 is 0 Å². The van der Waals surface area contributed by atoms with E-state index in [2.05, 4.69) is 21.1 Å². The molecule has 0 aromatic rings. The predicted molar refractivity (Wildman–Crippen MR) is 37.1 cm³/mol. The van der Waals surface area contributed by atoms with Crippen molar-refractivity contribution in [1.82, 2.24) is 0 Å². The van der Waals surface area contributed by atoms with Crippen LogP contribution in [0, 0.1) is 0 Å². The predicted octanol–water partition coefficient (Wildman–Crippen LogP) is -0.964. The van der Waals surface area contributed by atoms with Crippen LogP contribution in [0.1, 0.15) is 0 Å². The molecule has 0 atom stereocenters. The fraction of sp³-hybridized carbons (Fsp3) is 1.00. The molecule has 0 unspecified atom stereocenters. The number of aliphatic hydroxyl groups is 1. The minimum absolute atomic E-state index is 0. The van der Waals surface area contributed by atoms with E-state index >= 15 is 0 Å². The summed E-state index contributed by atoms with van der Waals surface area (Å²) < 4.78 is 0.844. The summed E-state index contributed by atoms with van der Waals surface area (Å²) in [5, 5.41) is 8.39. The maximum atomic E-state index is 8.39. The zero-order valence-electron chi connectivity index (χ0n) is 5.31. The molecule has 3 heteroatoms. The quantitative estimate of drug-likeness (QED) is 0.360. The fourth-order valence-electron chi connectivity index (χ4n) is 0.300. The Labute approximate surface area is 63.3 Å². The van der Waals surface area contributed by atoms with Crippen LogP contribution in [-0.4, -0.2) is 62.7 Å². The molecular formula is C5H15LiNO+. The van der Waals surface area contributed by atoms with Crippen molar-refractivity contribution in [3.05, 3.63) is 0 Å². The van der Waals surface area contributed by atoms with Gasteiger partial charge in [-0.05, 0) is 0 Å². The second-order valence-electron chi connectivity index (χ2n) is 2.74. The van der Waals surface area contributed by atoms with Crippen LogP contribution in [0.3, 0.4) is 0 Å². The molecule has 0 saturated carbocycles. The molecule has 0 spiro atoms. The van der Waals surface area contributed by atoms with Gasteiger partial charge in [-0.25, -0.2) is 0 Å². The first-order chi connectivity index (χ1) is 3.06. The Morgan fingerprint density at radius 2 is 1.62 bits per heavy atom. The van der Waals surface area contributed by atoms with Crippen LogP contribution in [0.2, 0.25) is 0 Å². The van der Waals surface area contributed by atoms with Gasteiger partial charge < -0.3 is 9.59 Å². The van der Waals surface area contributed by atoms with Crippen molar-refractivity contribution < 1.29 is 9.59 Å². The molecule has 0 saturated heterocycles. The number of hydrogen-bond donors (Lipinski definition) is 1. The maximum absolute atomic E-state index is 8.39. The van der Waals surface area contributed by atoms with Gasteiger partial charge in [0.1, 0.15) is 6.54 Å². The molecule has 0 amide bonds. The summed E-state index contributed by atoms with van der Waals surface area (Å²) in [7, 11) is 6.16. The molecule has 0 bridgehead atoms. The van der Waals surface area contributed by atoms with E-state index in [-0.39, 0.29) is 25.5 Å². The number of quaternary nitrogens is 1. The molecule has 0 rings (SSSR count). The molecule has 0 aliphatic rings. The standard InChI is InChI=1S/C5H14NO.Li.H/c1-6(2,3)4-5-7;;/h7H,4-5H2,1-3H3;;/q+1;;. The molecule has 46 valence electrons. The Kier molecular flexibility index (Phi) is 6.23. The van der Waals surface area contributed by atoms with Gasteiger partial charge in [0.05, 0.1) is 27.7 Å². The number of rotatable bonds is 2. The van der Waals surface area contributed by atoms with Crippen molar-refractivity contribution in [2.24, 2.45) is 0 Å². The summed E-state index contributed by atoms with van der Waals surface area (Å²) in [6.07, 6.45) is 0. The number of likely N-dealkylation sites (N-methyl/N-ethyl adjacent to an activating group) is 1. The van der Waals surface area contributed by atoms with Gasteiger partial charge in [0, 0.05) is 0 Å². The molecule has 0 fully saturated rings. The Balaban J connectivity index is 0. The van der Waals surface area contributed by atoms with Crippen molar-refractivity contribution in [3.8, 4) is 0 Å². The van der Waals surface area contributed by atoms with Crippen LogP contribution in [0.5, 0.6) is 0 Å². The molecule has 0 aromatic heterocycles. The summed E-state index contributed by atoms with van der Waals surface area (Å²) in [5.74, 6) is 0. The van der Waals surface area contributed by atoms with Crippen LogP contribution < -0.4 is 0 Å². The third-order valence-corrected chi connectivity index (χ3v) is 0.771. The summed E-state index contributed by atoms with van der Waals surface area (Å²) in [6, 6.07) is 0. The van der Waals surface area contributed by atoms with Crippen LogP contribution in [-0.2, 0) is 0 Å². The van der Waals surface area contributed by atoms with E-state index in [1.807, 2.05) is 0 Å². The molecular weight excluding hydrogens is 97.0 g/mol. The summed E-state index contributed by atoms with van der Waals surface area (Å²) in [5.41, 5.74) is 0. The summed E-state index contributed by atoms with van der Waals surface area (Å²) in [4.78, 5) is 0. The van der Waals surface area contributed by atoms with E-state index in [1.165, 1.54) is 0 Å². The molecule has 0 aliphatic heterocycles. The Morgan fingerprint density at radius 1 is 1.25 bits per heavy atom. The zero-order valence-corrected chi connectivity index (χ0v) is 5.31. The molecule has 0 aromatic carbocycles. The second-order valence-corrected chi connectivity index (χ2v) is 2.74.